The zero-order valence-corrected chi connectivity index (χ0v) is 15.3. The fourth-order valence-electron chi connectivity index (χ4n) is 3.10. The first kappa shape index (κ1) is 18.7. The van der Waals surface area contributed by atoms with E-state index in [9.17, 15) is 9.18 Å². The Labute approximate surface area is 161 Å². The average Bonchev–Trinajstić information content (AvgIpc) is 3.07. The lowest BCUT2D eigenvalue weighted by Gasteiger charge is -2.24. The van der Waals surface area contributed by atoms with Crippen LogP contribution in [0.25, 0.3) is 0 Å². The first-order chi connectivity index (χ1) is 12.5. The molecule has 7 heteroatoms. The fourth-order valence-corrected chi connectivity index (χ4v) is 3.56. The predicted molar refractivity (Wildman–Crippen MR) is 99.6 cm³/mol. The molecule has 1 amide bonds. The van der Waals surface area contributed by atoms with Gasteiger partial charge in [-0.15, -0.1) is 0 Å². The quantitative estimate of drug-likeness (QED) is 0.827. The Morgan fingerprint density at radius 2 is 2.12 bits per heavy atom. The number of nitrogens with zero attached hydrogens (tertiary/aromatic N) is 2. The van der Waals surface area contributed by atoms with E-state index >= 15 is 0 Å². The van der Waals surface area contributed by atoms with E-state index in [1.807, 2.05) is 11.0 Å². The van der Waals surface area contributed by atoms with Gasteiger partial charge in [0.25, 0.3) is 0 Å². The van der Waals surface area contributed by atoms with Crippen molar-refractivity contribution in [2.75, 3.05) is 11.9 Å². The number of nitriles is 1. The lowest BCUT2D eigenvalue weighted by molar-refractivity contribution is -0.120. The first-order valence-corrected chi connectivity index (χ1v) is 8.92. The summed E-state index contributed by atoms with van der Waals surface area (Å²) in [6.07, 6.45) is 1.52. The topological polar surface area (TPSA) is 56.1 Å². The number of nitrogens with one attached hydrogen (secondary N) is 1. The van der Waals surface area contributed by atoms with Crippen LogP contribution in [-0.4, -0.2) is 23.4 Å². The zero-order chi connectivity index (χ0) is 18.7. The molecule has 1 atom stereocenters. The number of rotatable bonds is 4. The van der Waals surface area contributed by atoms with E-state index in [0.717, 1.165) is 6.42 Å². The molecule has 1 saturated heterocycles. The Morgan fingerprint density at radius 3 is 2.85 bits per heavy atom. The van der Waals surface area contributed by atoms with Gasteiger partial charge >= 0.3 is 0 Å². The van der Waals surface area contributed by atoms with Gasteiger partial charge in [-0.25, -0.2) is 4.39 Å². The maximum atomic E-state index is 14.1. The number of carbonyl (C=O) groups is 1. The molecule has 1 heterocycles. The van der Waals surface area contributed by atoms with Crippen LogP contribution in [0, 0.1) is 17.1 Å². The number of halogens is 3. The second kappa shape index (κ2) is 8.05. The molecule has 0 aliphatic carbocycles. The fraction of sp³-hybridized carbons (Fsp3) is 0.263. The van der Waals surface area contributed by atoms with Crippen molar-refractivity contribution in [1.82, 2.24) is 4.90 Å². The number of anilines is 1. The summed E-state index contributed by atoms with van der Waals surface area (Å²) in [7, 11) is 0. The summed E-state index contributed by atoms with van der Waals surface area (Å²) in [6.45, 7) is 0.955. The lowest BCUT2D eigenvalue weighted by Crippen LogP contribution is -2.39. The molecule has 1 fully saturated rings. The maximum Gasteiger partial charge on any atom is 0.241 e. The van der Waals surface area contributed by atoms with Gasteiger partial charge < -0.3 is 5.32 Å². The summed E-state index contributed by atoms with van der Waals surface area (Å²) in [6, 6.07) is 10.7. The van der Waals surface area contributed by atoms with Gasteiger partial charge in [-0.3, -0.25) is 9.69 Å². The van der Waals surface area contributed by atoms with Crippen molar-refractivity contribution in [3.05, 3.63) is 63.4 Å². The number of likely N-dealkylation sites (tertiary alicyclic amines) is 1. The van der Waals surface area contributed by atoms with Crippen LogP contribution in [0.1, 0.15) is 24.0 Å². The Kier molecular flexibility index (Phi) is 5.77. The Hall–Kier alpha value is -2.13. The minimum absolute atomic E-state index is 0.191. The smallest absolute Gasteiger partial charge is 0.241 e. The van der Waals surface area contributed by atoms with Crippen LogP contribution in [0.5, 0.6) is 0 Å². The summed E-state index contributed by atoms with van der Waals surface area (Å²) in [5.74, 6) is -0.570. The van der Waals surface area contributed by atoms with Gasteiger partial charge in [0.05, 0.1) is 28.4 Å². The average molecular weight is 392 g/mol. The monoisotopic (exact) mass is 391 g/mol. The molecule has 1 aliphatic rings. The van der Waals surface area contributed by atoms with E-state index < -0.39 is 0 Å². The number of hydrogen-bond acceptors (Lipinski definition) is 3. The van der Waals surface area contributed by atoms with Crippen molar-refractivity contribution in [3.8, 4) is 6.07 Å². The van der Waals surface area contributed by atoms with E-state index in [4.69, 9.17) is 28.5 Å². The number of amides is 1. The largest absolute Gasteiger partial charge is 0.323 e. The highest BCUT2D eigenvalue weighted by Crippen LogP contribution is 2.27. The molecule has 0 spiro atoms. The van der Waals surface area contributed by atoms with Crippen molar-refractivity contribution >= 4 is 34.8 Å². The molecule has 2 aromatic rings. The van der Waals surface area contributed by atoms with Crippen molar-refractivity contribution in [3.63, 3.8) is 0 Å². The van der Waals surface area contributed by atoms with Crippen molar-refractivity contribution < 1.29 is 9.18 Å². The highest BCUT2D eigenvalue weighted by Gasteiger charge is 2.31. The third-order valence-corrected chi connectivity index (χ3v) is 4.95. The summed E-state index contributed by atoms with van der Waals surface area (Å²) in [4.78, 5) is 14.6. The van der Waals surface area contributed by atoms with Crippen LogP contribution in [0.3, 0.4) is 0 Å². The van der Waals surface area contributed by atoms with E-state index in [2.05, 4.69) is 5.32 Å². The van der Waals surface area contributed by atoms with Gasteiger partial charge in [-0.1, -0.05) is 23.2 Å². The van der Waals surface area contributed by atoms with Crippen LogP contribution in [0.4, 0.5) is 10.1 Å². The molecule has 0 saturated carbocycles. The third-order valence-electron chi connectivity index (χ3n) is 4.40. The molecule has 1 N–H and O–H groups in total. The molecular formula is C19H16Cl2FN3O. The molecule has 1 unspecified atom stereocenters. The van der Waals surface area contributed by atoms with Gasteiger partial charge in [-0.2, -0.15) is 5.26 Å². The minimum Gasteiger partial charge on any atom is -0.323 e. The summed E-state index contributed by atoms with van der Waals surface area (Å²) >= 11 is 12.0. The molecular weight excluding hydrogens is 376 g/mol. The standard InChI is InChI=1S/C19H16Cl2FN3O/c20-14-4-6-17(15(21)9-14)24-19(26)18-2-1-7-25(18)11-13-8-12(10-23)3-5-16(13)22/h3-6,8-9,18H,1-2,7,11H2,(H,24,26). The second-order valence-corrected chi connectivity index (χ2v) is 7.00. The van der Waals surface area contributed by atoms with Gasteiger partial charge in [0.2, 0.25) is 5.91 Å². The van der Waals surface area contributed by atoms with Crippen LogP contribution in [0.2, 0.25) is 10.0 Å². The highest BCUT2D eigenvalue weighted by atomic mass is 35.5. The molecule has 4 nitrogen and oxygen atoms in total. The van der Waals surface area contributed by atoms with Crippen molar-refractivity contribution in [1.29, 1.82) is 5.26 Å². The van der Waals surface area contributed by atoms with Crippen LogP contribution >= 0.6 is 23.2 Å². The molecule has 0 aromatic heterocycles. The summed E-state index contributed by atoms with van der Waals surface area (Å²) in [5.41, 5.74) is 1.30. The number of carbonyl (C=O) groups excluding carboxylic acids is 1. The third kappa shape index (κ3) is 4.16. The molecule has 134 valence electrons. The van der Waals surface area contributed by atoms with Gasteiger partial charge in [-0.05, 0) is 55.8 Å². The first-order valence-electron chi connectivity index (χ1n) is 8.16. The number of hydrogen-bond donors (Lipinski definition) is 1. The van der Waals surface area contributed by atoms with Gasteiger partial charge in [0, 0.05) is 17.1 Å². The van der Waals surface area contributed by atoms with E-state index in [-0.39, 0.29) is 24.3 Å². The Bertz CT molecular complexity index is 882. The number of benzene rings is 2. The Balaban J connectivity index is 1.73. The molecule has 2 aromatic carbocycles. The predicted octanol–water partition coefficient (Wildman–Crippen LogP) is 4.61. The van der Waals surface area contributed by atoms with Crippen LogP contribution in [-0.2, 0) is 11.3 Å². The zero-order valence-electron chi connectivity index (χ0n) is 13.8. The van der Waals surface area contributed by atoms with E-state index in [1.54, 1.807) is 18.2 Å². The van der Waals surface area contributed by atoms with Gasteiger partial charge in [0.15, 0.2) is 0 Å². The van der Waals surface area contributed by atoms with Crippen molar-refractivity contribution in [2.45, 2.75) is 25.4 Å². The Morgan fingerprint density at radius 1 is 1.31 bits per heavy atom. The van der Waals surface area contributed by atoms with Crippen LogP contribution < -0.4 is 5.32 Å². The van der Waals surface area contributed by atoms with E-state index in [0.29, 0.717) is 39.8 Å². The summed E-state index contributed by atoms with van der Waals surface area (Å²) < 4.78 is 14.1. The highest BCUT2D eigenvalue weighted by molar-refractivity contribution is 6.36. The molecule has 1 aliphatic heterocycles. The minimum atomic E-state index is -0.383. The second-order valence-electron chi connectivity index (χ2n) is 6.16. The lowest BCUT2D eigenvalue weighted by atomic mass is 10.1. The molecule has 26 heavy (non-hydrogen) atoms. The maximum absolute atomic E-state index is 14.1. The van der Waals surface area contributed by atoms with E-state index in [1.165, 1.54) is 18.2 Å². The van der Waals surface area contributed by atoms with Gasteiger partial charge in [0.1, 0.15) is 5.82 Å². The summed E-state index contributed by atoms with van der Waals surface area (Å²) in [5, 5.41) is 12.7. The molecule has 3 rings (SSSR count). The molecule has 0 bridgehead atoms. The van der Waals surface area contributed by atoms with Crippen LogP contribution in [0.15, 0.2) is 36.4 Å². The SMILES string of the molecule is N#Cc1ccc(F)c(CN2CCCC2C(=O)Nc2ccc(Cl)cc2Cl)c1. The molecule has 0 radical (unpaired) electrons. The normalized spacial score (nSPS) is 17.1. The van der Waals surface area contributed by atoms with Crippen molar-refractivity contribution in [2.24, 2.45) is 0 Å².